The highest BCUT2D eigenvalue weighted by molar-refractivity contribution is 7.80. The van der Waals surface area contributed by atoms with Crippen molar-refractivity contribution in [2.75, 3.05) is 4.90 Å². The number of nitrogens with zero attached hydrogens (tertiary/aromatic N) is 1. The zero-order valence-corrected chi connectivity index (χ0v) is 22.0. The van der Waals surface area contributed by atoms with Crippen LogP contribution in [0.1, 0.15) is 11.1 Å². The Morgan fingerprint density at radius 3 is 2.23 bits per heavy atom. The summed E-state index contributed by atoms with van der Waals surface area (Å²) >= 11 is 36.5. The Morgan fingerprint density at radius 1 is 0.886 bits per heavy atom. The molecule has 3 aromatic rings. The van der Waals surface area contributed by atoms with E-state index in [1.54, 1.807) is 24.3 Å². The minimum atomic E-state index is -0.686. The number of rotatable bonds is 5. The molecule has 4 rings (SSSR count). The van der Waals surface area contributed by atoms with Gasteiger partial charge < -0.3 is 4.74 Å². The van der Waals surface area contributed by atoms with Crippen molar-refractivity contribution < 1.29 is 14.3 Å². The SMILES string of the molecule is O=C1NC(=S)N(c2cccc(Cl)c2Cl)C(=O)/C1=C/c1cc(Cl)c(OCc2ccccc2Cl)c(Cl)c1. The molecule has 35 heavy (non-hydrogen) atoms. The molecule has 1 heterocycles. The Bertz CT molecular complexity index is 1390. The van der Waals surface area contributed by atoms with E-state index >= 15 is 0 Å². The van der Waals surface area contributed by atoms with Crippen molar-refractivity contribution in [2.45, 2.75) is 6.61 Å². The zero-order chi connectivity index (χ0) is 25.3. The highest BCUT2D eigenvalue weighted by atomic mass is 35.5. The van der Waals surface area contributed by atoms with Gasteiger partial charge in [-0.1, -0.05) is 82.3 Å². The van der Waals surface area contributed by atoms with Crippen LogP contribution in [0.3, 0.4) is 0 Å². The Balaban J connectivity index is 1.64. The van der Waals surface area contributed by atoms with Gasteiger partial charge in [0, 0.05) is 10.6 Å². The number of benzene rings is 3. The molecule has 1 aliphatic heterocycles. The standard InChI is InChI=1S/C24H13Cl5N2O3S/c25-15-5-2-1-4-13(15)11-34-21-17(27)9-12(10-18(21)28)8-14-22(32)30-24(35)31(23(14)33)19-7-3-6-16(26)20(19)29/h1-10H,11H2,(H,30,32,35)/b14-8+. The first-order chi connectivity index (χ1) is 16.7. The number of halogens is 5. The predicted octanol–water partition coefficient (Wildman–Crippen LogP) is 7.36. The van der Waals surface area contributed by atoms with Crippen LogP contribution in [0.4, 0.5) is 5.69 Å². The molecule has 1 saturated heterocycles. The largest absolute Gasteiger partial charge is 0.486 e. The van der Waals surface area contributed by atoms with Gasteiger partial charge in [-0.15, -0.1) is 0 Å². The molecule has 5 nitrogen and oxygen atoms in total. The number of hydrogen-bond acceptors (Lipinski definition) is 4. The second-order valence-electron chi connectivity index (χ2n) is 7.22. The van der Waals surface area contributed by atoms with Crippen LogP contribution >= 0.6 is 70.2 Å². The van der Waals surface area contributed by atoms with E-state index in [4.69, 9.17) is 75.0 Å². The van der Waals surface area contributed by atoms with Gasteiger partial charge in [0.25, 0.3) is 11.8 Å². The molecule has 11 heteroatoms. The quantitative estimate of drug-likeness (QED) is 0.193. The van der Waals surface area contributed by atoms with Gasteiger partial charge in [-0.05, 0) is 54.2 Å². The van der Waals surface area contributed by atoms with Crippen molar-refractivity contribution in [2.24, 2.45) is 0 Å². The second-order valence-corrected chi connectivity index (χ2v) is 9.62. The van der Waals surface area contributed by atoms with Gasteiger partial charge in [-0.25, -0.2) is 0 Å². The van der Waals surface area contributed by atoms with Crippen LogP contribution in [-0.4, -0.2) is 16.9 Å². The highest BCUT2D eigenvalue weighted by Crippen LogP contribution is 2.37. The smallest absolute Gasteiger partial charge is 0.270 e. The van der Waals surface area contributed by atoms with E-state index < -0.39 is 11.8 Å². The summed E-state index contributed by atoms with van der Waals surface area (Å²) in [7, 11) is 0. The summed E-state index contributed by atoms with van der Waals surface area (Å²) < 4.78 is 5.77. The number of amides is 2. The van der Waals surface area contributed by atoms with Crippen molar-refractivity contribution >= 4 is 98.9 Å². The molecule has 0 aliphatic carbocycles. The molecular weight excluding hydrogens is 574 g/mol. The number of carbonyl (C=O) groups is 2. The highest BCUT2D eigenvalue weighted by Gasteiger charge is 2.35. The monoisotopic (exact) mass is 584 g/mol. The molecular formula is C24H13Cl5N2O3S. The third kappa shape index (κ3) is 5.43. The minimum Gasteiger partial charge on any atom is -0.486 e. The molecule has 1 fully saturated rings. The molecule has 1 aliphatic rings. The van der Waals surface area contributed by atoms with Crippen molar-refractivity contribution in [3.63, 3.8) is 0 Å². The van der Waals surface area contributed by atoms with Gasteiger partial charge in [-0.3, -0.25) is 19.8 Å². The fourth-order valence-electron chi connectivity index (χ4n) is 3.27. The molecule has 0 unspecified atom stereocenters. The lowest BCUT2D eigenvalue weighted by Gasteiger charge is -2.29. The number of nitrogens with one attached hydrogen (secondary N) is 1. The summed E-state index contributed by atoms with van der Waals surface area (Å²) in [5.74, 6) is -1.13. The third-order valence-corrected chi connectivity index (χ3v) is 6.96. The summed E-state index contributed by atoms with van der Waals surface area (Å²) in [4.78, 5) is 26.9. The molecule has 178 valence electrons. The average molecular weight is 587 g/mol. The van der Waals surface area contributed by atoms with Gasteiger partial charge in [0.15, 0.2) is 10.9 Å². The van der Waals surface area contributed by atoms with Gasteiger partial charge in [0.1, 0.15) is 12.2 Å². The molecule has 0 bridgehead atoms. The fourth-order valence-corrected chi connectivity index (χ4v) is 4.73. The maximum Gasteiger partial charge on any atom is 0.270 e. The van der Waals surface area contributed by atoms with Crippen LogP contribution in [0.15, 0.2) is 60.2 Å². The van der Waals surface area contributed by atoms with Crippen LogP contribution in [0.5, 0.6) is 5.75 Å². The normalized spacial score (nSPS) is 14.9. The van der Waals surface area contributed by atoms with Gasteiger partial charge >= 0.3 is 0 Å². The zero-order valence-electron chi connectivity index (χ0n) is 17.5. The van der Waals surface area contributed by atoms with Gasteiger partial charge in [0.05, 0.1) is 25.8 Å². The molecule has 1 N–H and O–H groups in total. The van der Waals surface area contributed by atoms with E-state index in [1.165, 1.54) is 18.2 Å². The molecule has 2 amide bonds. The predicted molar refractivity (Wildman–Crippen MR) is 145 cm³/mol. The van der Waals surface area contributed by atoms with Crippen LogP contribution < -0.4 is 15.0 Å². The number of anilines is 1. The lowest BCUT2D eigenvalue weighted by molar-refractivity contribution is -0.122. The summed E-state index contributed by atoms with van der Waals surface area (Å²) in [6.07, 6.45) is 1.35. The van der Waals surface area contributed by atoms with Gasteiger partial charge in [0.2, 0.25) is 0 Å². The number of hydrogen-bond donors (Lipinski definition) is 1. The number of thiocarbonyl (C=S) groups is 1. The van der Waals surface area contributed by atoms with Crippen LogP contribution in [0.2, 0.25) is 25.1 Å². The second kappa shape index (κ2) is 10.7. The first kappa shape index (κ1) is 25.8. The average Bonchev–Trinajstić information content (AvgIpc) is 2.80. The van der Waals surface area contributed by atoms with Crippen LogP contribution in [-0.2, 0) is 16.2 Å². The number of carbonyl (C=O) groups excluding carboxylic acids is 2. The molecule has 0 spiro atoms. The maximum absolute atomic E-state index is 13.2. The summed E-state index contributed by atoms with van der Waals surface area (Å²) in [5.41, 5.74) is 1.19. The number of ether oxygens (including phenoxy) is 1. The Morgan fingerprint density at radius 2 is 1.54 bits per heavy atom. The lowest BCUT2D eigenvalue weighted by atomic mass is 10.1. The van der Waals surface area contributed by atoms with E-state index in [0.717, 1.165) is 10.5 Å². The molecule has 0 atom stereocenters. The summed E-state index contributed by atoms with van der Waals surface area (Å²) in [6.45, 7) is 0.146. The Hall–Kier alpha value is -2.32. The van der Waals surface area contributed by atoms with E-state index in [9.17, 15) is 9.59 Å². The van der Waals surface area contributed by atoms with Crippen molar-refractivity contribution in [1.29, 1.82) is 0 Å². The first-order valence-corrected chi connectivity index (χ1v) is 12.2. The topological polar surface area (TPSA) is 58.6 Å². The van der Waals surface area contributed by atoms with Crippen LogP contribution in [0, 0.1) is 0 Å². The Kier molecular flexibility index (Phi) is 7.91. The van der Waals surface area contributed by atoms with Crippen LogP contribution in [0.25, 0.3) is 6.08 Å². The minimum absolute atomic E-state index is 0.117. The third-order valence-electron chi connectivity index (χ3n) is 4.94. The Labute approximate surface area is 231 Å². The molecule has 0 radical (unpaired) electrons. The fraction of sp³-hybridized carbons (Fsp3) is 0.0417. The van der Waals surface area contributed by atoms with Crippen molar-refractivity contribution in [3.8, 4) is 5.75 Å². The maximum atomic E-state index is 13.2. The van der Waals surface area contributed by atoms with Gasteiger partial charge in [-0.2, -0.15) is 0 Å². The lowest BCUT2D eigenvalue weighted by Crippen LogP contribution is -2.54. The van der Waals surface area contributed by atoms with Crippen molar-refractivity contribution in [1.82, 2.24) is 5.32 Å². The van der Waals surface area contributed by atoms with E-state index in [-0.39, 0.29) is 48.8 Å². The van der Waals surface area contributed by atoms with E-state index in [1.807, 2.05) is 18.2 Å². The molecule has 0 aromatic heterocycles. The summed E-state index contributed by atoms with van der Waals surface area (Å²) in [6, 6.07) is 15.0. The summed E-state index contributed by atoms with van der Waals surface area (Å²) in [5, 5.41) is 3.62. The van der Waals surface area contributed by atoms with E-state index in [2.05, 4.69) is 5.32 Å². The van der Waals surface area contributed by atoms with E-state index in [0.29, 0.717) is 10.6 Å². The van der Waals surface area contributed by atoms with Crippen molar-refractivity contribution in [3.05, 3.63) is 96.4 Å². The molecule has 3 aromatic carbocycles. The molecule has 0 saturated carbocycles. The first-order valence-electron chi connectivity index (χ1n) is 9.88.